The molecule has 0 bridgehead atoms. The van der Waals surface area contributed by atoms with Crippen molar-refractivity contribution in [1.29, 1.82) is 0 Å². The smallest absolute Gasteiger partial charge is 0.338 e. The molecule has 6 nitrogen and oxygen atoms in total. The van der Waals surface area contributed by atoms with Gasteiger partial charge in [0.25, 0.3) is 5.56 Å². The number of ether oxygens (including phenoxy) is 1. The highest BCUT2D eigenvalue weighted by Crippen LogP contribution is 2.31. The molecule has 1 aromatic heterocycles. The number of benzene rings is 2. The number of thiazole rings is 1. The third-order valence-electron chi connectivity index (χ3n) is 5.25. The van der Waals surface area contributed by atoms with E-state index in [4.69, 9.17) is 4.74 Å². The second-order valence-electron chi connectivity index (χ2n) is 7.54. The van der Waals surface area contributed by atoms with Crippen molar-refractivity contribution in [2.45, 2.75) is 26.8 Å². The minimum Gasteiger partial charge on any atom is -0.506 e. The van der Waals surface area contributed by atoms with Gasteiger partial charge < -0.3 is 9.84 Å². The number of aryl methyl sites for hydroxylation is 1. The zero-order valence-corrected chi connectivity index (χ0v) is 22.6. The highest BCUT2D eigenvalue weighted by Gasteiger charge is 2.33. The number of carbonyl (C=O) groups excluding carboxylic acids is 1. The van der Waals surface area contributed by atoms with E-state index in [1.165, 1.54) is 11.3 Å². The van der Waals surface area contributed by atoms with Crippen molar-refractivity contribution in [1.82, 2.24) is 4.57 Å². The van der Waals surface area contributed by atoms with Crippen LogP contribution in [0.4, 0.5) is 0 Å². The number of carbonyl (C=O) groups is 1. The number of nitrogens with zero attached hydrogens (tertiary/aromatic N) is 2. The Morgan fingerprint density at radius 1 is 1.30 bits per heavy atom. The van der Waals surface area contributed by atoms with Crippen molar-refractivity contribution < 1.29 is 14.6 Å². The van der Waals surface area contributed by atoms with Crippen LogP contribution in [-0.2, 0) is 9.53 Å². The second-order valence-corrected chi connectivity index (χ2v) is 10.6. The van der Waals surface area contributed by atoms with Gasteiger partial charge in [-0.3, -0.25) is 9.36 Å². The zero-order chi connectivity index (χ0) is 23.9. The number of phenolic OH excluding ortho intramolecular Hbond substituents is 1. The fourth-order valence-electron chi connectivity index (χ4n) is 3.69. The number of esters is 1. The first-order chi connectivity index (χ1) is 15.7. The number of hydrogen-bond acceptors (Lipinski definition) is 6. The van der Waals surface area contributed by atoms with E-state index in [9.17, 15) is 14.7 Å². The van der Waals surface area contributed by atoms with Gasteiger partial charge in [-0.2, -0.15) is 0 Å². The second kappa shape index (κ2) is 9.55. The van der Waals surface area contributed by atoms with Gasteiger partial charge in [-0.1, -0.05) is 57.1 Å². The number of rotatable bonds is 4. The van der Waals surface area contributed by atoms with E-state index in [2.05, 4.69) is 20.9 Å². The van der Waals surface area contributed by atoms with Gasteiger partial charge in [-0.05, 0) is 67.1 Å². The van der Waals surface area contributed by atoms with E-state index in [-0.39, 0.29) is 17.9 Å². The number of halogens is 2. The van der Waals surface area contributed by atoms with E-state index in [1.807, 2.05) is 53.8 Å². The molecule has 0 saturated heterocycles. The summed E-state index contributed by atoms with van der Waals surface area (Å²) in [6.45, 7) is 5.71. The van der Waals surface area contributed by atoms with E-state index in [0.29, 0.717) is 29.7 Å². The first-order valence-electron chi connectivity index (χ1n) is 10.2. The quantitative estimate of drug-likeness (QED) is 0.344. The lowest BCUT2D eigenvalue weighted by Gasteiger charge is -2.24. The summed E-state index contributed by atoms with van der Waals surface area (Å²) in [7, 11) is 0. The van der Waals surface area contributed by atoms with Crippen LogP contribution >= 0.6 is 49.9 Å². The molecule has 9 heteroatoms. The standard InChI is InChI=1S/C24H20BrIN2O4S/c1-4-32-23(31)19-13(3)27-24-28(20(19)14-7-5-12(2)6-8-14)22(30)18(33-24)10-15-9-16(25)11-17(26)21(15)29/h5-11,20,29H,4H2,1-3H3/b18-10-/t20-/m1/s1. The molecule has 170 valence electrons. The van der Waals surface area contributed by atoms with Crippen molar-refractivity contribution in [2.75, 3.05) is 6.61 Å². The Bertz CT molecular complexity index is 1470. The van der Waals surface area contributed by atoms with E-state index < -0.39 is 12.0 Å². The zero-order valence-electron chi connectivity index (χ0n) is 18.1. The van der Waals surface area contributed by atoms with Crippen molar-refractivity contribution >= 4 is 61.9 Å². The minimum atomic E-state index is -0.653. The monoisotopic (exact) mass is 638 g/mol. The summed E-state index contributed by atoms with van der Waals surface area (Å²) in [5.74, 6) is -0.388. The van der Waals surface area contributed by atoms with Crippen LogP contribution in [0.15, 0.2) is 61.9 Å². The maximum Gasteiger partial charge on any atom is 0.338 e. The number of aromatic hydroxyl groups is 1. The highest BCUT2D eigenvalue weighted by molar-refractivity contribution is 14.1. The first kappa shape index (κ1) is 23.9. The van der Waals surface area contributed by atoms with Gasteiger partial charge in [0.05, 0.1) is 32.0 Å². The van der Waals surface area contributed by atoms with Crippen molar-refractivity contribution in [3.8, 4) is 5.75 Å². The highest BCUT2D eigenvalue weighted by atomic mass is 127. The molecule has 2 aromatic carbocycles. The van der Waals surface area contributed by atoms with Crippen LogP contribution in [0.25, 0.3) is 6.08 Å². The molecule has 0 amide bonds. The molecule has 0 spiro atoms. The molecule has 1 aliphatic heterocycles. The third-order valence-corrected chi connectivity index (χ3v) is 7.52. The fourth-order valence-corrected chi connectivity index (χ4v) is 6.28. The van der Waals surface area contributed by atoms with Crippen LogP contribution in [0, 0.1) is 10.5 Å². The average Bonchev–Trinajstić information content (AvgIpc) is 3.06. The Kier molecular flexibility index (Phi) is 6.92. The van der Waals surface area contributed by atoms with Gasteiger partial charge in [0, 0.05) is 10.0 Å². The Morgan fingerprint density at radius 3 is 2.67 bits per heavy atom. The van der Waals surface area contributed by atoms with E-state index in [0.717, 1.165) is 15.6 Å². The molecule has 1 aliphatic rings. The summed E-state index contributed by atoms with van der Waals surface area (Å²) in [6, 6.07) is 10.6. The number of hydrogen-bond donors (Lipinski definition) is 1. The molecule has 2 heterocycles. The summed E-state index contributed by atoms with van der Waals surface area (Å²) in [6.07, 6.45) is 1.65. The SMILES string of the molecule is CCOC(=O)C1=C(C)N=c2s/c(=C\c3cc(Br)cc(I)c3O)c(=O)n2[C@@H]1c1ccc(C)cc1. The van der Waals surface area contributed by atoms with Crippen molar-refractivity contribution in [3.63, 3.8) is 0 Å². The Balaban J connectivity index is 1.98. The maximum atomic E-state index is 13.6. The summed E-state index contributed by atoms with van der Waals surface area (Å²) < 4.78 is 8.72. The molecule has 0 fully saturated rings. The van der Waals surface area contributed by atoms with E-state index >= 15 is 0 Å². The van der Waals surface area contributed by atoms with Gasteiger partial charge in [0.2, 0.25) is 0 Å². The van der Waals surface area contributed by atoms with Gasteiger partial charge >= 0.3 is 5.97 Å². The number of fused-ring (bicyclic) bond motifs is 1. The molecule has 1 N–H and O–H groups in total. The van der Waals surface area contributed by atoms with Gasteiger partial charge in [-0.25, -0.2) is 9.79 Å². The minimum absolute atomic E-state index is 0.100. The van der Waals surface area contributed by atoms with Crippen LogP contribution < -0.4 is 14.9 Å². The summed E-state index contributed by atoms with van der Waals surface area (Å²) in [5, 5.41) is 10.5. The fraction of sp³-hybridized carbons (Fsp3) is 0.208. The van der Waals surface area contributed by atoms with Crippen molar-refractivity contribution in [2.24, 2.45) is 4.99 Å². The molecule has 3 aromatic rings. The van der Waals surface area contributed by atoms with Gasteiger partial charge in [-0.15, -0.1) is 0 Å². The molecular weight excluding hydrogens is 619 g/mol. The molecule has 1 atom stereocenters. The third kappa shape index (κ3) is 4.58. The largest absolute Gasteiger partial charge is 0.506 e. The van der Waals surface area contributed by atoms with Crippen LogP contribution in [-0.4, -0.2) is 22.2 Å². The predicted molar refractivity (Wildman–Crippen MR) is 140 cm³/mol. The van der Waals surface area contributed by atoms with Gasteiger partial charge in [0.1, 0.15) is 5.75 Å². The lowest BCUT2D eigenvalue weighted by Crippen LogP contribution is -2.39. The van der Waals surface area contributed by atoms with Crippen LogP contribution in [0.5, 0.6) is 5.75 Å². The van der Waals surface area contributed by atoms with E-state index in [1.54, 1.807) is 36.6 Å². The molecule has 0 radical (unpaired) electrons. The Hall–Kier alpha value is -2.24. The Morgan fingerprint density at radius 2 is 2.00 bits per heavy atom. The Labute approximate surface area is 216 Å². The van der Waals surface area contributed by atoms with Crippen molar-refractivity contribution in [3.05, 3.63) is 92.1 Å². The summed E-state index contributed by atoms with van der Waals surface area (Å²) in [5.41, 5.74) is 2.97. The van der Waals surface area contributed by atoms with Crippen LogP contribution in [0.1, 0.15) is 36.6 Å². The lowest BCUT2D eigenvalue weighted by molar-refractivity contribution is -0.139. The van der Waals surface area contributed by atoms with Crippen LogP contribution in [0.2, 0.25) is 0 Å². The first-order valence-corrected chi connectivity index (χ1v) is 12.8. The molecular formula is C24H20BrIN2O4S. The molecule has 4 rings (SSSR count). The van der Waals surface area contributed by atoms with Crippen LogP contribution in [0.3, 0.4) is 0 Å². The number of allylic oxidation sites excluding steroid dienone is 1. The summed E-state index contributed by atoms with van der Waals surface area (Å²) in [4.78, 5) is 31.6. The molecule has 0 saturated carbocycles. The predicted octanol–water partition coefficient (Wildman–Crippen LogP) is 4.18. The summed E-state index contributed by atoms with van der Waals surface area (Å²) >= 11 is 6.70. The maximum absolute atomic E-state index is 13.6. The number of aromatic nitrogens is 1. The van der Waals surface area contributed by atoms with Gasteiger partial charge in [0.15, 0.2) is 4.80 Å². The average molecular weight is 639 g/mol. The number of phenols is 1. The molecule has 0 unspecified atom stereocenters. The topological polar surface area (TPSA) is 80.9 Å². The lowest BCUT2D eigenvalue weighted by atomic mass is 9.95. The molecule has 33 heavy (non-hydrogen) atoms. The molecule has 0 aliphatic carbocycles. The normalized spacial score (nSPS) is 15.9.